The molecule has 2 aliphatic heterocycles. The second kappa shape index (κ2) is 5.05. The Morgan fingerprint density at radius 1 is 1.33 bits per heavy atom. The van der Waals surface area contributed by atoms with Crippen molar-refractivity contribution in [2.24, 2.45) is 0 Å². The molecule has 0 aromatic rings. The number of morpholine rings is 1. The molecule has 2 aliphatic rings. The second-order valence-corrected chi connectivity index (χ2v) is 5.96. The Morgan fingerprint density at radius 2 is 2.00 bits per heavy atom. The first kappa shape index (κ1) is 13.6. The minimum Gasteiger partial charge on any atom is -0.444 e. The summed E-state index contributed by atoms with van der Waals surface area (Å²) in [6.45, 7) is 9.61. The van der Waals surface area contributed by atoms with Gasteiger partial charge in [-0.25, -0.2) is 4.79 Å². The summed E-state index contributed by atoms with van der Waals surface area (Å²) in [5.41, 5.74) is -0.456. The maximum Gasteiger partial charge on any atom is 0.410 e. The van der Waals surface area contributed by atoms with Crippen molar-refractivity contribution in [3.8, 4) is 0 Å². The molecule has 0 aromatic heterocycles. The number of amides is 1. The van der Waals surface area contributed by atoms with Crippen LogP contribution in [0.25, 0.3) is 0 Å². The molecule has 0 N–H and O–H groups in total. The molecule has 5 heteroatoms. The topological polar surface area (TPSA) is 51.3 Å². The first-order valence-electron chi connectivity index (χ1n) is 6.64. The summed E-state index contributed by atoms with van der Waals surface area (Å²) in [4.78, 5) is 13.8. The molecular weight excluding hydrogens is 234 g/mol. The Morgan fingerprint density at radius 3 is 2.50 bits per heavy atom. The number of carbonyl (C=O) groups is 1. The number of rotatable bonds is 2. The maximum atomic E-state index is 12.1. The standard InChI is InChI=1S/C13H23NO4/c1-5-9-6-14(12(15)18-13(2,3)4)7-10(17-9)11-8-16-11/h9-11H,5-8H2,1-4H3. The summed E-state index contributed by atoms with van der Waals surface area (Å²) in [6.07, 6.45) is 0.874. The highest BCUT2D eigenvalue weighted by Gasteiger charge is 2.41. The van der Waals surface area contributed by atoms with E-state index in [1.165, 1.54) is 0 Å². The van der Waals surface area contributed by atoms with Crippen LogP contribution in [0.3, 0.4) is 0 Å². The molecule has 0 saturated carbocycles. The monoisotopic (exact) mass is 257 g/mol. The fraction of sp³-hybridized carbons (Fsp3) is 0.923. The van der Waals surface area contributed by atoms with Crippen molar-refractivity contribution in [3.05, 3.63) is 0 Å². The van der Waals surface area contributed by atoms with Crippen molar-refractivity contribution >= 4 is 6.09 Å². The molecule has 0 radical (unpaired) electrons. The Hall–Kier alpha value is -0.810. The van der Waals surface area contributed by atoms with Crippen LogP contribution < -0.4 is 0 Å². The van der Waals surface area contributed by atoms with Crippen molar-refractivity contribution in [2.75, 3.05) is 19.7 Å². The Balaban J connectivity index is 1.95. The average Bonchev–Trinajstić information content (AvgIpc) is 3.09. The van der Waals surface area contributed by atoms with Crippen LogP contribution >= 0.6 is 0 Å². The van der Waals surface area contributed by atoms with Crippen molar-refractivity contribution in [1.29, 1.82) is 0 Å². The molecule has 104 valence electrons. The number of nitrogens with zero attached hydrogens (tertiary/aromatic N) is 1. The van der Waals surface area contributed by atoms with Gasteiger partial charge in [-0.15, -0.1) is 0 Å². The minimum atomic E-state index is -0.456. The summed E-state index contributed by atoms with van der Waals surface area (Å²) < 4.78 is 16.6. The van der Waals surface area contributed by atoms with E-state index in [9.17, 15) is 4.79 Å². The van der Waals surface area contributed by atoms with Crippen LogP contribution in [0.2, 0.25) is 0 Å². The molecule has 0 spiro atoms. The van der Waals surface area contributed by atoms with E-state index < -0.39 is 5.60 Å². The zero-order valence-corrected chi connectivity index (χ0v) is 11.6. The van der Waals surface area contributed by atoms with Gasteiger partial charge in [-0.3, -0.25) is 0 Å². The second-order valence-electron chi connectivity index (χ2n) is 5.96. The number of epoxide rings is 1. The first-order chi connectivity index (χ1) is 8.39. The molecule has 1 amide bonds. The van der Waals surface area contributed by atoms with Crippen molar-refractivity contribution < 1.29 is 19.0 Å². The lowest BCUT2D eigenvalue weighted by molar-refractivity contribution is -0.0955. The van der Waals surface area contributed by atoms with E-state index in [2.05, 4.69) is 6.92 Å². The normalized spacial score (nSPS) is 32.2. The Kier molecular flexibility index (Phi) is 3.82. The van der Waals surface area contributed by atoms with Gasteiger partial charge in [0.25, 0.3) is 0 Å². The van der Waals surface area contributed by atoms with E-state index in [0.717, 1.165) is 13.0 Å². The number of hydrogen-bond acceptors (Lipinski definition) is 4. The van der Waals surface area contributed by atoms with Gasteiger partial charge in [-0.1, -0.05) is 6.92 Å². The molecule has 3 unspecified atom stereocenters. The van der Waals surface area contributed by atoms with Gasteiger partial charge in [0.1, 0.15) is 17.8 Å². The lowest BCUT2D eigenvalue weighted by Gasteiger charge is -2.37. The quantitative estimate of drug-likeness (QED) is 0.708. The maximum absolute atomic E-state index is 12.1. The van der Waals surface area contributed by atoms with Crippen LogP contribution in [-0.2, 0) is 14.2 Å². The first-order valence-corrected chi connectivity index (χ1v) is 6.64. The van der Waals surface area contributed by atoms with Gasteiger partial charge in [-0.05, 0) is 27.2 Å². The number of carbonyl (C=O) groups excluding carboxylic acids is 1. The van der Waals surface area contributed by atoms with Gasteiger partial charge in [-0.2, -0.15) is 0 Å². The molecule has 0 bridgehead atoms. The van der Waals surface area contributed by atoms with E-state index in [4.69, 9.17) is 14.2 Å². The Bertz CT molecular complexity index is 309. The fourth-order valence-corrected chi connectivity index (χ4v) is 2.05. The highest BCUT2D eigenvalue weighted by molar-refractivity contribution is 5.68. The molecule has 2 heterocycles. The molecule has 2 fully saturated rings. The van der Waals surface area contributed by atoms with Crippen molar-refractivity contribution in [2.45, 2.75) is 58.0 Å². The molecule has 0 aliphatic carbocycles. The van der Waals surface area contributed by atoms with Gasteiger partial charge in [0.2, 0.25) is 0 Å². The molecule has 0 aromatic carbocycles. The third kappa shape index (κ3) is 3.59. The van der Waals surface area contributed by atoms with Crippen LogP contribution in [0.4, 0.5) is 4.79 Å². The van der Waals surface area contributed by atoms with Crippen molar-refractivity contribution in [1.82, 2.24) is 4.90 Å². The smallest absolute Gasteiger partial charge is 0.410 e. The van der Waals surface area contributed by atoms with Crippen LogP contribution in [0.5, 0.6) is 0 Å². The summed E-state index contributed by atoms with van der Waals surface area (Å²) >= 11 is 0. The van der Waals surface area contributed by atoms with Gasteiger partial charge >= 0.3 is 6.09 Å². The zero-order valence-electron chi connectivity index (χ0n) is 11.6. The number of hydrogen-bond donors (Lipinski definition) is 0. The third-order valence-electron chi connectivity index (χ3n) is 3.07. The van der Waals surface area contributed by atoms with Crippen LogP contribution in [0, 0.1) is 0 Å². The van der Waals surface area contributed by atoms with E-state index in [1.54, 1.807) is 4.90 Å². The molecule has 3 atom stereocenters. The fourth-order valence-electron chi connectivity index (χ4n) is 2.05. The van der Waals surface area contributed by atoms with Gasteiger partial charge < -0.3 is 19.1 Å². The Labute approximate surface area is 108 Å². The van der Waals surface area contributed by atoms with E-state index in [-0.39, 0.29) is 24.4 Å². The van der Waals surface area contributed by atoms with Crippen molar-refractivity contribution in [3.63, 3.8) is 0 Å². The molecule has 18 heavy (non-hydrogen) atoms. The molecule has 2 rings (SSSR count). The van der Waals surface area contributed by atoms with E-state index >= 15 is 0 Å². The van der Waals surface area contributed by atoms with E-state index in [0.29, 0.717) is 13.1 Å². The highest BCUT2D eigenvalue weighted by Crippen LogP contribution is 2.25. The molecular formula is C13H23NO4. The SMILES string of the molecule is CCC1CN(C(=O)OC(C)(C)C)CC(C2CO2)O1. The predicted octanol–water partition coefficient (Wildman–Crippen LogP) is 1.80. The highest BCUT2D eigenvalue weighted by atomic mass is 16.6. The van der Waals surface area contributed by atoms with Crippen LogP contribution in [0.1, 0.15) is 34.1 Å². The average molecular weight is 257 g/mol. The van der Waals surface area contributed by atoms with E-state index in [1.807, 2.05) is 20.8 Å². The summed E-state index contributed by atoms with van der Waals surface area (Å²) in [7, 11) is 0. The molecule has 5 nitrogen and oxygen atoms in total. The summed E-state index contributed by atoms with van der Waals surface area (Å²) in [5.74, 6) is 0. The van der Waals surface area contributed by atoms with Crippen LogP contribution in [-0.4, -0.2) is 54.6 Å². The lowest BCUT2D eigenvalue weighted by Crippen LogP contribution is -2.52. The van der Waals surface area contributed by atoms with Gasteiger partial charge in [0.05, 0.1) is 25.8 Å². The van der Waals surface area contributed by atoms with Gasteiger partial charge in [0, 0.05) is 0 Å². The number of ether oxygens (including phenoxy) is 3. The summed E-state index contributed by atoms with van der Waals surface area (Å²) in [6, 6.07) is 0. The zero-order chi connectivity index (χ0) is 13.3. The lowest BCUT2D eigenvalue weighted by atomic mass is 10.1. The summed E-state index contributed by atoms with van der Waals surface area (Å²) in [5, 5.41) is 0. The largest absolute Gasteiger partial charge is 0.444 e. The molecule has 2 saturated heterocycles. The van der Waals surface area contributed by atoms with Crippen LogP contribution in [0.15, 0.2) is 0 Å². The van der Waals surface area contributed by atoms with Gasteiger partial charge in [0.15, 0.2) is 0 Å². The third-order valence-corrected chi connectivity index (χ3v) is 3.07. The predicted molar refractivity (Wildman–Crippen MR) is 66.5 cm³/mol. The minimum absolute atomic E-state index is 0.00350.